The molecule has 1 amide bonds. The minimum absolute atomic E-state index is 0.0307. The second-order valence-electron chi connectivity index (χ2n) is 6.86. The first-order chi connectivity index (χ1) is 13.3. The van der Waals surface area contributed by atoms with Crippen LogP contribution in [0, 0.1) is 0 Å². The third-order valence-corrected chi connectivity index (χ3v) is 6.06. The summed E-state index contributed by atoms with van der Waals surface area (Å²) < 4.78 is 5.82. The van der Waals surface area contributed by atoms with Crippen LogP contribution < -0.4 is 5.32 Å². The molecule has 4 heterocycles. The van der Waals surface area contributed by atoms with Crippen molar-refractivity contribution in [3.05, 3.63) is 59.1 Å². The third-order valence-electron chi connectivity index (χ3n) is 5.18. The van der Waals surface area contributed by atoms with E-state index in [0.717, 1.165) is 41.3 Å². The van der Waals surface area contributed by atoms with Gasteiger partial charge >= 0.3 is 0 Å². The fourth-order valence-electron chi connectivity index (χ4n) is 3.86. The van der Waals surface area contributed by atoms with Crippen molar-refractivity contribution in [1.82, 2.24) is 15.1 Å². The van der Waals surface area contributed by atoms with Crippen molar-refractivity contribution in [3.8, 4) is 10.6 Å². The molecule has 0 aliphatic carbocycles. The molecule has 1 saturated heterocycles. The highest BCUT2D eigenvalue weighted by Crippen LogP contribution is 2.38. The van der Waals surface area contributed by atoms with Gasteiger partial charge in [-0.25, -0.2) is 0 Å². The molecule has 5 rings (SSSR count). The second kappa shape index (κ2) is 6.83. The van der Waals surface area contributed by atoms with Crippen LogP contribution in [0.15, 0.2) is 48.0 Å². The van der Waals surface area contributed by atoms with Crippen molar-refractivity contribution in [3.63, 3.8) is 0 Å². The van der Waals surface area contributed by atoms with Crippen LogP contribution in [0.1, 0.15) is 34.9 Å². The van der Waals surface area contributed by atoms with Gasteiger partial charge in [0.1, 0.15) is 6.17 Å². The maximum atomic E-state index is 13.3. The Morgan fingerprint density at radius 1 is 1.26 bits per heavy atom. The van der Waals surface area contributed by atoms with E-state index in [1.807, 2.05) is 46.8 Å². The largest absolute Gasteiger partial charge is 0.376 e. The lowest BCUT2D eigenvalue weighted by molar-refractivity contribution is 0.0427. The van der Waals surface area contributed by atoms with E-state index in [2.05, 4.69) is 21.6 Å². The van der Waals surface area contributed by atoms with Gasteiger partial charge in [-0.3, -0.25) is 9.89 Å². The standard InChI is InChI=1S/C20H20N4O2S/c25-20-14-6-1-2-7-16(14)22-19(24(20)12-13-5-3-9-26-13)15-11-21-23-18(15)17-8-4-10-27-17/h1-2,4,6-8,10-11,13,19,22H,3,5,9,12H2,(H,21,23)/t13-,19+/m1/s1. The van der Waals surface area contributed by atoms with Gasteiger partial charge in [0.2, 0.25) is 0 Å². The van der Waals surface area contributed by atoms with Crippen molar-refractivity contribution >= 4 is 22.9 Å². The van der Waals surface area contributed by atoms with Gasteiger partial charge in [0.15, 0.2) is 0 Å². The number of fused-ring (bicyclic) bond motifs is 1. The van der Waals surface area contributed by atoms with Crippen LogP contribution >= 0.6 is 11.3 Å². The number of hydrogen-bond donors (Lipinski definition) is 2. The number of rotatable bonds is 4. The molecule has 27 heavy (non-hydrogen) atoms. The van der Waals surface area contributed by atoms with Crippen LogP contribution in [0.4, 0.5) is 5.69 Å². The molecule has 138 valence electrons. The van der Waals surface area contributed by atoms with Crippen LogP contribution in [-0.2, 0) is 4.74 Å². The highest BCUT2D eigenvalue weighted by Gasteiger charge is 2.36. The summed E-state index contributed by atoms with van der Waals surface area (Å²) in [5, 5.41) is 13.0. The van der Waals surface area contributed by atoms with E-state index >= 15 is 0 Å². The summed E-state index contributed by atoms with van der Waals surface area (Å²) in [6, 6.07) is 11.8. The Labute approximate surface area is 161 Å². The van der Waals surface area contributed by atoms with Crippen molar-refractivity contribution in [2.45, 2.75) is 25.1 Å². The third kappa shape index (κ3) is 2.93. The zero-order chi connectivity index (χ0) is 18.2. The Bertz CT molecular complexity index is 947. The molecule has 0 saturated carbocycles. The Hall–Kier alpha value is -2.64. The van der Waals surface area contributed by atoms with Gasteiger partial charge in [-0.2, -0.15) is 5.10 Å². The van der Waals surface area contributed by atoms with Gasteiger partial charge < -0.3 is 15.0 Å². The van der Waals surface area contributed by atoms with Gasteiger partial charge in [0, 0.05) is 24.4 Å². The molecule has 0 unspecified atom stereocenters. The fraction of sp³-hybridized carbons (Fsp3) is 0.300. The molecule has 1 aromatic carbocycles. The van der Waals surface area contributed by atoms with Gasteiger partial charge in [0.05, 0.1) is 28.4 Å². The molecule has 3 aromatic rings. The maximum Gasteiger partial charge on any atom is 0.257 e. The van der Waals surface area contributed by atoms with E-state index < -0.39 is 0 Å². The average molecular weight is 380 g/mol. The van der Waals surface area contributed by atoms with E-state index in [0.29, 0.717) is 12.1 Å². The summed E-state index contributed by atoms with van der Waals surface area (Å²) in [6.45, 7) is 1.34. The smallest absolute Gasteiger partial charge is 0.257 e. The van der Waals surface area contributed by atoms with Crippen LogP contribution in [0.2, 0.25) is 0 Å². The van der Waals surface area contributed by atoms with E-state index in [-0.39, 0.29) is 18.2 Å². The Kier molecular flexibility index (Phi) is 4.18. The first-order valence-electron chi connectivity index (χ1n) is 9.16. The number of aromatic nitrogens is 2. The van der Waals surface area contributed by atoms with E-state index in [9.17, 15) is 4.79 Å². The number of ether oxygens (including phenoxy) is 1. The molecule has 2 N–H and O–H groups in total. The summed E-state index contributed by atoms with van der Waals surface area (Å²) in [5.74, 6) is 0.0307. The van der Waals surface area contributed by atoms with E-state index in [1.54, 1.807) is 11.3 Å². The van der Waals surface area contributed by atoms with Gasteiger partial charge in [0.25, 0.3) is 5.91 Å². The number of anilines is 1. The van der Waals surface area contributed by atoms with E-state index in [1.165, 1.54) is 0 Å². The summed E-state index contributed by atoms with van der Waals surface area (Å²) >= 11 is 1.65. The monoisotopic (exact) mass is 380 g/mol. The molecular formula is C20H20N4O2S. The molecule has 2 aliphatic heterocycles. The Balaban J connectivity index is 1.56. The molecule has 2 aromatic heterocycles. The molecule has 0 bridgehead atoms. The number of nitrogens with one attached hydrogen (secondary N) is 2. The second-order valence-corrected chi connectivity index (χ2v) is 7.81. The molecule has 2 atom stereocenters. The zero-order valence-electron chi connectivity index (χ0n) is 14.7. The highest BCUT2D eigenvalue weighted by atomic mass is 32.1. The summed E-state index contributed by atoms with van der Waals surface area (Å²) in [4.78, 5) is 16.3. The van der Waals surface area contributed by atoms with Crippen molar-refractivity contribution < 1.29 is 9.53 Å². The Morgan fingerprint density at radius 3 is 3.00 bits per heavy atom. The topological polar surface area (TPSA) is 70.2 Å². The number of amides is 1. The van der Waals surface area contributed by atoms with Crippen LogP contribution in [0.25, 0.3) is 10.6 Å². The molecular weight excluding hydrogens is 360 g/mol. The predicted molar refractivity (Wildman–Crippen MR) is 105 cm³/mol. The Morgan fingerprint density at radius 2 is 2.19 bits per heavy atom. The van der Waals surface area contributed by atoms with E-state index in [4.69, 9.17) is 4.74 Å². The number of nitrogens with zero attached hydrogens (tertiary/aromatic N) is 2. The minimum atomic E-state index is -0.285. The number of aromatic amines is 1. The van der Waals surface area contributed by atoms with Crippen LogP contribution in [0.3, 0.4) is 0 Å². The molecule has 0 radical (unpaired) electrons. The summed E-state index contributed by atoms with van der Waals surface area (Å²) in [6.07, 6.45) is 3.65. The molecule has 1 fully saturated rings. The maximum absolute atomic E-state index is 13.3. The molecule has 7 heteroatoms. The normalized spacial score (nSPS) is 21.9. The lowest BCUT2D eigenvalue weighted by Crippen LogP contribution is -2.46. The van der Waals surface area contributed by atoms with Gasteiger partial charge in [-0.1, -0.05) is 18.2 Å². The number of H-pyrrole nitrogens is 1. The average Bonchev–Trinajstić information content (AvgIpc) is 3.46. The predicted octanol–water partition coefficient (Wildman–Crippen LogP) is 3.88. The highest BCUT2D eigenvalue weighted by molar-refractivity contribution is 7.13. The van der Waals surface area contributed by atoms with Crippen LogP contribution in [-0.4, -0.2) is 40.3 Å². The molecule has 6 nitrogen and oxygen atoms in total. The lowest BCUT2D eigenvalue weighted by Gasteiger charge is -2.39. The number of para-hydroxylation sites is 1. The number of carbonyl (C=O) groups is 1. The fourth-order valence-corrected chi connectivity index (χ4v) is 4.60. The van der Waals surface area contributed by atoms with Crippen molar-refractivity contribution in [1.29, 1.82) is 0 Å². The van der Waals surface area contributed by atoms with Gasteiger partial charge in [-0.15, -0.1) is 11.3 Å². The first kappa shape index (κ1) is 16.5. The molecule has 2 aliphatic rings. The zero-order valence-corrected chi connectivity index (χ0v) is 15.5. The number of thiophene rings is 1. The quantitative estimate of drug-likeness (QED) is 0.721. The van der Waals surface area contributed by atoms with Gasteiger partial charge in [-0.05, 0) is 36.4 Å². The SMILES string of the molecule is O=C1c2ccccc2N[C@H](c2cn[nH]c2-c2cccs2)N1C[C@H]1CCCO1. The summed E-state index contributed by atoms with van der Waals surface area (Å²) in [7, 11) is 0. The van der Waals surface area contributed by atoms with Crippen LogP contribution in [0.5, 0.6) is 0 Å². The molecule has 0 spiro atoms. The lowest BCUT2D eigenvalue weighted by atomic mass is 10.0. The first-order valence-corrected chi connectivity index (χ1v) is 10.0. The van der Waals surface area contributed by atoms with Crippen molar-refractivity contribution in [2.75, 3.05) is 18.5 Å². The van der Waals surface area contributed by atoms with Crippen molar-refractivity contribution in [2.24, 2.45) is 0 Å². The summed E-state index contributed by atoms with van der Waals surface area (Å²) in [5.41, 5.74) is 3.48. The number of carbonyl (C=O) groups excluding carboxylic acids is 1. The minimum Gasteiger partial charge on any atom is -0.376 e. The number of hydrogen-bond acceptors (Lipinski definition) is 5. The number of benzene rings is 1.